The lowest BCUT2D eigenvalue weighted by atomic mass is 9.90. The summed E-state index contributed by atoms with van der Waals surface area (Å²) in [5.74, 6) is -0.406. The van der Waals surface area contributed by atoms with Crippen LogP contribution in [0.5, 0.6) is 5.75 Å². The van der Waals surface area contributed by atoms with Gasteiger partial charge in [0.2, 0.25) is 0 Å². The molecule has 0 saturated carbocycles. The molecule has 1 heterocycles. The fourth-order valence-electron chi connectivity index (χ4n) is 3.15. The third-order valence-corrected chi connectivity index (χ3v) is 5.13. The fourth-order valence-corrected chi connectivity index (χ4v) is 3.85. The summed E-state index contributed by atoms with van der Waals surface area (Å²) < 4.78 is 5.63. The molecule has 8 heteroatoms. The molecule has 1 unspecified atom stereocenters. The number of hydrogen-bond acceptors (Lipinski definition) is 4. The molecule has 1 amide bonds. The van der Waals surface area contributed by atoms with Crippen molar-refractivity contribution in [3.05, 3.63) is 57.0 Å². The largest absolute Gasteiger partial charge is 0.492 e. The first-order valence-electron chi connectivity index (χ1n) is 8.14. The summed E-state index contributed by atoms with van der Waals surface area (Å²) in [5.41, 5.74) is -1.58. The van der Waals surface area contributed by atoms with Crippen molar-refractivity contribution in [2.24, 2.45) is 0 Å². The fraction of sp³-hybridized carbons (Fsp3) is 0.263. The van der Waals surface area contributed by atoms with E-state index in [1.165, 1.54) is 17.9 Å². The van der Waals surface area contributed by atoms with Gasteiger partial charge in [-0.1, -0.05) is 34.8 Å². The van der Waals surface area contributed by atoms with Gasteiger partial charge in [0.15, 0.2) is 5.60 Å². The SMILES string of the molecule is CC(=O)CC1(O)C(=O)N(CCOc2ccc(Cl)cc2)c2c(Cl)ccc(Cl)c21. The summed E-state index contributed by atoms with van der Waals surface area (Å²) >= 11 is 18.3. The van der Waals surface area contributed by atoms with Crippen LogP contribution in [0.25, 0.3) is 0 Å². The van der Waals surface area contributed by atoms with E-state index in [4.69, 9.17) is 39.5 Å². The van der Waals surface area contributed by atoms with Crippen LogP contribution in [0.15, 0.2) is 36.4 Å². The molecule has 0 aliphatic carbocycles. The zero-order valence-corrected chi connectivity index (χ0v) is 16.6. The lowest BCUT2D eigenvalue weighted by Gasteiger charge is -2.22. The number of rotatable bonds is 6. The normalized spacial score (nSPS) is 18.6. The number of ether oxygens (including phenoxy) is 1. The first-order chi connectivity index (χ1) is 12.7. The lowest BCUT2D eigenvalue weighted by molar-refractivity contribution is -0.141. The average molecular weight is 429 g/mol. The van der Waals surface area contributed by atoms with Crippen molar-refractivity contribution in [2.45, 2.75) is 18.9 Å². The molecule has 2 aromatic rings. The molecule has 0 radical (unpaired) electrons. The summed E-state index contributed by atoms with van der Waals surface area (Å²) in [6.07, 6.45) is -0.382. The number of ketones is 1. The van der Waals surface area contributed by atoms with Crippen LogP contribution in [-0.2, 0) is 15.2 Å². The third kappa shape index (κ3) is 3.78. The van der Waals surface area contributed by atoms with E-state index in [0.29, 0.717) is 16.5 Å². The van der Waals surface area contributed by atoms with Crippen molar-refractivity contribution in [1.29, 1.82) is 0 Å². The van der Waals surface area contributed by atoms with Crippen molar-refractivity contribution >= 4 is 52.2 Å². The van der Waals surface area contributed by atoms with Gasteiger partial charge in [-0.2, -0.15) is 0 Å². The summed E-state index contributed by atoms with van der Waals surface area (Å²) in [6, 6.07) is 9.83. The van der Waals surface area contributed by atoms with Gasteiger partial charge < -0.3 is 14.7 Å². The van der Waals surface area contributed by atoms with Crippen molar-refractivity contribution < 1.29 is 19.4 Å². The van der Waals surface area contributed by atoms with Crippen LogP contribution in [0.2, 0.25) is 15.1 Å². The number of fused-ring (bicyclic) bond motifs is 1. The number of hydrogen-bond donors (Lipinski definition) is 1. The van der Waals surface area contributed by atoms with E-state index in [0.717, 1.165) is 0 Å². The second-order valence-electron chi connectivity index (χ2n) is 6.25. The Morgan fingerprint density at radius 3 is 2.37 bits per heavy atom. The van der Waals surface area contributed by atoms with Crippen LogP contribution < -0.4 is 9.64 Å². The van der Waals surface area contributed by atoms with Crippen molar-refractivity contribution in [1.82, 2.24) is 0 Å². The maximum atomic E-state index is 12.9. The molecule has 0 aromatic heterocycles. The molecule has 1 aliphatic rings. The van der Waals surface area contributed by atoms with Gasteiger partial charge >= 0.3 is 0 Å². The van der Waals surface area contributed by atoms with Gasteiger partial charge in [0.1, 0.15) is 18.1 Å². The maximum Gasteiger partial charge on any atom is 0.264 e. The predicted molar refractivity (Wildman–Crippen MR) is 105 cm³/mol. The summed E-state index contributed by atoms with van der Waals surface area (Å²) in [5, 5.41) is 12.0. The molecule has 1 atom stereocenters. The molecule has 1 N–H and O–H groups in total. The van der Waals surface area contributed by atoms with Gasteiger partial charge in [0.25, 0.3) is 5.91 Å². The van der Waals surface area contributed by atoms with Crippen molar-refractivity contribution in [2.75, 3.05) is 18.1 Å². The molecule has 142 valence electrons. The molecular weight excluding hydrogens is 413 g/mol. The lowest BCUT2D eigenvalue weighted by Crippen LogP contribution is -2.43. The smallest absolute Gasteiger partial charge is 0.264 e. The summed E-state index contributed by atoms with van der Waals surface area (Å²) in [7, 11) is 0. The Hall–Kier alpha value is -1.79. The standard InChI is InChI=1S/C19H16Cl3NO4/c1-11(24)10-19(26)16-14(21)6-7-15(22)17(16)23(18(19)25)8-9-27-13-4-2-12(20)3-5-13/h2-7,26H,8-10H2,1H3. The number of carbonyl (C=O) groups excluding carboxylic acids is 2. The zero-order valence-electron chi connectivity index (χ0n) is 14.3. The number of nitrogens with zero attached hydrogens (tertiary/aromatic N) is 1. The Kier molecular flexibility index (Phi) is 5.68. The minimum Gasteiger partial charge on any atom is -0.492 e. The van der Waals surface area contributed by atoms with E-state index >= 15 is 0 Å². The van der Waals surface area contributed by atoms with E-state index in [-0.39, 0.29) is 41.0 Å². The number of anilines is 1. The minimum absolute atomic E-state index is 0.120. The number of carbonyl (C=O) groups is 2. The van der Waals surface area contributed by atoms with E-state index in [2.05, 4.69) is 0 Å². The van der Waals surface area contributed by atoms with E-state index < -0.39 is 11.5 Å². The molecule has 1 aliphatic heterocycles. The highest BCUT2D eigenvalue weighted by atomic mass is 35.5. The number of amides is 1. The van der Waals surface area contributed by atoms with Crippen LogP contribution in [0.4, 0.5) is 5.69 Å². The zero-order chi connectivity index (χ0) is 19.8. The van der Waals surface area contributed by atoms with E-state index in [9.17, 15) is 14.7 Å². The van der Waals surface area contributed by atoms with Crippen LogP contribution in [0.3, 0.4) is 0 Å². The Balaban J connectivity index is 1.88. The average Bonchev–Trinajstić information content (AvgIpc) is 2.82. The van der Waals surface area contributed by atoms with Crippen LogP contribution >= 0.6 is 34.8 Å². The molecule has 3 rings (SSSR count). The first-order valence-corrected chi connectivity index (χ1v) is 9.28. The van der Waals surface area contributed by atoms with Crippen molar-refractivity contribution in [3.63, 3.8) is 0 Å². The predicted octanol–water partition coefficient (Wildman–Crippen LogP) is 4.24. The number of benzene rings is 2. The van der Waals surface area contributed by atoms with Crippen LogP contribution in [-0.4, -0.2) is 29.9 Å². The highest BCUT2D eigenvalue weighted by Crippen LogP contribution is 2.49. The van der Waals surface area contributed by atoms with Gasteiger partial charge in [-0.25, -0.2) is 0 Å². The molecular formula is C19H16Cl3NO4. The number of halogens is 3. The summed E-state index contributed by atoms with van der Waals surface area (Å²) in [6.45, 7) is 1.57. The minimum atomic E-state index is -2.04. The molecule has 2 aromatic carbocycles. The third-order valence-electron chi connectivity index (χ3n) is 4.26. The monoisotopic (exact) mass is 427 g/mol. The molecule has 0 saturated heterocycles. The number of aliphatic hydroxyl groups is 1. The van der Waals surface area contributed by atoms with Crippen LogP contribution in [0.1, 0.15) is 18.9 Å². The first kappa shape index (κ1) is 20.0. The Bertz CT molecular complexity index is 901. The summed E-state index contributed by atoms with van der Waals surface area (Å²) in [4.78, 5) is 25.9. The molecule has 5 nitrogen and oxygen atoms in total. The highest BCUT2D eigenvalue weighted by molar-refractivity contribution is 6.38. The molecule has 27 heavy (non-hydrogen) atoms. The Morgan fingerprint density at radius 1 is 1.11 bits per heavy atom. The van der Waals surface area contributed by atoms with Gasteiger partial charge in [-0.05, 0) is 43.3 Å². The van der Waals surface area contributed by atoms with Gasteiger partial charge in [0, 0.05) is 22.0 Å². The Morgan fingerprint density at radius 2 is 1.74 bits per heavy atom. The van der Waals surface area contributed by atoms with E-state index in [1.807, 2.05) is 0 Å². The van der Waals surface area contributed by atoms with Gasteiger partial charge in [-0.3, -0.25) is 9.59 Å². The molecule has 0 bridgehead atoms. The molecule has 0 spiro atoms. The molecule has 0 fully saturated rings. The van der Waals surface area contributed by atoms with E-state index in [1.54, 1.807) is 30.3 Å². The van der Waals surface area contributed by atoms with Crippen molar-refractivity contribution in [3.8, 4) is 5.75 Å². The topological polar surface area (TPSA) is 66.8 Å². The Labute approximate surface area is 171 Å². The second-order valence-corrected chi connectivity index (χ2v) is 7.50. The highest BCUT2D eigenvalue weighted by Gasteiger charge is 2.52. The second kappa shape index (κ2) is 7.68. The quantitative estimate of drug-likeness (QED) is 0.747. The maximum absolute atomic E-state index is 12.9. The number of Topliss-reactive ketones (excluding diaryl/α,β-unsaturated/α-hetero) is 1. The van der Waals surface area contributed by atoms with Gasteiger partial charge in [-0.15, -0.1) is 0 Å². The van der Waals surface area contributed by atoms with Gasteiger partial charge in [0.05, 0.1) is 17.3 Å². The van der Waals surface area contributed by atoms with Crippen LogP contribution in [0, 0.1) is 0 Å².